The van der Waals surface area contributed by atoms with Crippen molar-refractivity contribution in [2.75, 3.05) is 20.1 Å². The van der Waals surface area contributed by atoms with Crippen LogP contribution in [-0.4, -0.2) is 31.1 Å². The minimum Gasteiger partial charge on any atom is -0.316 e. The van der Waals surface area contributed by atoms with Gasteiger partial charge in [-0.3, -0.25) is 4.90 Å². The number of piperidine rings is 1. The van der Waals surface area contributed by atoms with Gasteiger partial charge in [0, 0.05) is 18.6 Å². The molecule has 2 rings (SSSR count). The Hall–Kier alpha value is -1.37. The van der Waals surface area contributed by atoms with Gasteiger partial charge in [-0.25, -0.2) is 0 Å². The van der Waals surface area contributed by atoms with E-state index in [1.165, 1.54) is 18.4 Å². The van der Waals surface area contributed by atoms with E-state index >= 15 is 0 Å². The molecule has 0 radical (unpaired) electrons. The van der Waals surface area contributed by atoms with E-state index in [9.17, 15) is 0 Å². The molecule has 1 aromatic carbocycles. The lowest BCUT2D eigenvalue weighted by Crippen LogP contribution is -2.45. The molecule has 0 bridgehead atoms. The Kier molecular flexibility index (Phi) is 4.35. The zero-order valence-corrected chi connectivity index (χ0v) is 11.2. The summed E-state index contributed by atoms with van der Waals surface area (Å²) in [5.41, 5.74) is 1.99. The summed E-state index contributed by atoms with van der Waals surface area (Å²) < 4.78 is 0. The molecule has 2 unspecified atom stereocenters. The number of likely N-dealkylation sites (tertiary alicyclic amines) is 1. The molecule has 1 aromatic rings. The molecular weight excluding hydrogens is 222 g/mol. The van der Waals surface area contributed by atoms with Crippen molar-refractivity contribution in [2.24, 2.45) is 0 Å². The van der Waals surface area contributed by atoms with Crippen molar-refractivity contribution in [3.63, 3.8) is 0 Å². The van der Waals surface area contributed by atoms with Crippen molar-refractivity contribution in [1.29, 1.82) is 5.26 Å². The van der Waals surface area contributed by atoms with Crippen molar-refractivity contribution in [1.82, 2.24) is 10.2 Å². The average molecular weight is 243 g/mol. The number of nitrogens with zero attached hydrogens (tertiary/aromatic N) is 2. The fourth-order valence-electron chi connectivity index (χ4n) is 2.67. The number of nitrogens with one attached hydrogen (secondary N) is 1. The van der Waals surface area contributed by atoms with Crippen molar-refractivity contribution < 1.29 is 0 Å². The standard InChI is InChI=1S/C15H21N3/c1-12(14-6-3-5-13(9-14)10-16)18-8-4-7-15(11-18)17-2/h3,5-6,9,12,15,17H,4,7-8,11H2,1-2H3. The molecule has 1 saturated heterocycles. The molecule has 1 N–H and O–H groups in total. The van der Waals surface area contributed by atoms with Gasteiger partial charge in [0.15, 0.2) is 0 Å². The smallest absolute Gasteiger partial charge is 0.0991 e. The molecule has 3 nitrogen and oxygen atoms in total. The van der Waals surface area contributed by atoms with Gasteiger partial charge in [-0.1, -0.05) is 12.1 Å². The zero-order valence-electron chi connectivity index (χ0n) is 11.2. The maximum Gasteiger partial charge on any atom is 0.0991 e. The maximum atomic E-state index is 8.96. The predicted molar refractivity (Wildman–Crippen MR) is 73.2 cm³/mol. The third-order valence-electron chi connectivity index (χ3n) is 3.91. The maximum absolute atomic E-state index is 8.96. The highest BCUT2D eigenvalue weighted by atomic mass is 15.2. The number of nitriles is 1. The van der Waals surface area contributed by atoms with Gasteiger partial charge in [0.05, 0.1) is 11.6 Å². The molecule has 0 aromatic heterocycles. The first-order chi connectivity index (χ1) is 8.74. The van der Waals surface area contributed by atoms with Gasteiger partial charge in [0.1, 0.15) is 0 Å². The Morgan fingerprint density at radius 3 is 3.06 bits per heavy atom. The summed E-state index contributed by atoms with van der Waals surface area (Å²) in [6, 6.07) is 11.2. The minimum absolute atomic E-state index is 0.384. The lowest BCUT2D eigenvalue weighted by molar-refractivity contribution is 0.149. The lowest BCUT2D eigenvalue weighted by atomic mass is 9.99. The summed E-state index contributed by atoms with van der Waals surface area (Å²) in [6.45, 7) is 4.47. The highest BCUT2D eigenvalue weighted by Gasteiger charge is 2.23. The van der Waals surface area contributed by atoms with E-state index in [2.05, 4.69) is 29.3 Å². The second kappa shape index (κ2) is 5.99. The largest absolute Gasteiger partial charge is 0.316 e. The van der Waals surface area contributed by atoms with Crippen LogP contribution >= 0.6 is 0 Å². The zero-order chi connectivity index (χ0) is 13.0. The lowest BCUT2D eigenvalue weighted by Gasteiger charge is -2.37. The Morgan fingerprint density at radius 1 is 1.50 bits per heavy atom. The Bertz CT molecular complexity index is 436. The van der Waals surface area contributed by atoms with Gasteiger partial charge < -0.3 is 5.32 Å². The van der Waals surface area contributed by atoms with Gasteiger partial charge in [0.25, 0.3) is 0 Å². The molecule has 0 aliphatic carbocycles. The molecule has 0 amide bonds. The van der Waals surface area contributed by atoms with E-state index in [-0.39, 0.29) is 0 Å². The summed E-state index contributed by atoms with van der Waals surface area (Å²) in [5, 5.41) is 12.3. The number of hydrogen-bond donors (Lipinski definition) is 1. The summed E-state index contributed by atoms with van der Waals surface area (Å²) in [6.07, 6.45) is 2.51. The van der Waals surface area contributed by atoms with E-state index in [1.54, 1.807) is 0 Å². The summed E-state index contributed by atoms with van der Waals surface area (Å²) in [5.74, 6) is 0. The van der Waals surface area contributed by atoms with Crippen LogP contribution in [0.5, 0.6) is 0 Å². The predicted octanol–water partition coefficient (Wildman–Crippen LogP) is 2.30. The van der Waals surface area contributed by atoms with Crippen LogP contribution in [0.2, 0.25) is 0 Å². The molecular formula is C15H21N3. The van der Waals surface area contributed by atoms with E-state index < -0.39 is 0 Å². The molecule has 1 aliphatic heterocycles. The van der Waals surface area contributed by atoms with Crippen molar-refractivity contribution in [3.05, 3.63) is 35.4 Å². The molecule has 18 heavy (non-hydrogen) atoms. The fraction of sp³-hybridized carbons (Fsp3) is 0.533. The number of likely N-dealkylation sites (N-methyl/N-ethyl adjacent to an activating group) is 1. The molecule has 0 saturated carbocycles. The van der Waals surface area contributed by atoms with Crippen LogP contribution in [0.4, 0.5) is 0 Å². The summed E-state index contributed by atoms with van der Waals surface area (Å²) in [4.78, 5) is 2.50. The monoisotopic (exact) mass is 243 g/mol. The summed E-state index contributed by atoms with van der Waals surface area (Å²) >= 11 is 0. The molecule has 0 spiro atoms. The van der Waals surface area contributed by atoms with E-state index in [1.807, 2.05) is 25.2 Å². The van der Waals surface area contributed by atoms with Crippen LogP contribution in [-0.2, 0) is 0 Å². The van der Waals surface area contributed by atoms with Gasteiger partial charge in [0.2, 0.25) is 0 Å². The number of benzene rings is 1. The van der Waals surface area contributed by atoms with Crippen molar-refractivity contribution in [2.45, 2.75) is 31.8 Å². The van der Waals surface area contributed by atoms with Crippen LogP contribution in [0.25, 0.3) is 0 Å². The van der Waals surface area contributed by atoms with Gasteiger partial charge in [-0.15, -0.1) is 0 Å². The van der Waals surface area contributed by atoms with Crippen molar-refractivity contribution in [3.8, 4) is 6.07 Å². The van der Waals surface area contributed by atoms with Crippen LogP contribution in [0.3, 0.4) is 0 Å². The first-order valence-corrected chi connectivity index (χ1v) is 6.66. The molecule has 1 aliphatic rings. The molecule has 96 valence electrons. The number of hydrogen-bond acceptors (Lipinski definition) is 3. The second-order valence-corrected chi connectivity index (χ2v) is 5.04. The van der Waals surface area contributed by atoms with Gasteiger partial charge in [-0.2, -0.15) is 5.26 Å². The van der Waals surface area contributed by atoms with Crippen LogP contribution in [0.1, 0.15) is 36.9 Å². The quantitative estimate of drug-likeness (QED) is 0.885. The third kappa shape index (κ3) is 2.90. The topological polar surface area (TPSA) is 39.1 Å². The van der Waals surface area contributed by atoms with Crippen LogP contribution in [0.15, 0.2) is 24.3 Å². The highest BCUT2D eigenvalue weighted by molar-refractivity contribution is 5.34. The van der Waals surface area contributed by atoms with E-state index in [0.717, 1.165) is 18.7 Å². The fourth-order valence-corrected chi connectivity index (χ4v) is 2.67. The molecule has 2 atom stereocenters. The highest BCUT2D eigenvalue weighted by Crippen LogP contribution is 2.24. The minimum atomic E-state index is 0.384. The molecule has 1 fully saturated rings. The first kappa shape index (κ1) is 13.1. The van der Waals surface area contributed by atoms with Gasteiger partial charge in [-0.05, 0) is 51.1 Å². The summed E-state index contributed by atoms with van der Waals surface area (Å²) in [7, 11) is 2.04. The normalized spacial score (nSPS) is 22.4. The Labute approximate surface area is 109 Å². The Balaban J connectivity index is 2.10. The SMILES string of the molecule is CNC1CCCN(C(C)c2cccc(C#N)c2)C1. The van der Waals surface area contributed by atoms with Crippen molar-refractivity contribution >= 4 is 0 Å². The van der Waals surface area contributed by atoms with Gasteiger partial charge >= 0.3 is 0 Å². The molecule has 1 heterocycles. The van der Waals surface area contributed by atoms with Crippen LogP contribution < -0.4 is 5.32 Å². The first-order valence-electron chi connectivity index (χ1n) is 6.66. The Morgan fingerprint density at radius 2 is 2.33 bits per heavy atom. The van der Waals surface area contributed by atoms with E-state index in [4.69, 9.17) is 5.26 Å². The second-order valence-electron chi connectivity index (χ2n) is 5.04. The molecule has 3 heteroatoms. The number of rotatable bonds is 3. The average Bonchev–Trinajstić information content (AvgIpc) is 2.46. The van der Waals surface area contributed by atoms with E-state index in [0.29, 0.717) is 12.1 Å². The van der Waals surface area contributed by atoms with Crippen LogP contribution in [0, 0.1) is 11.3 Å². The third-order valence-corrected chi connectivity index (χ3v) is 3.91.